The van der Waals surface area contributed by atoms with Gasteiger partial charge in [-0.05, 0) is 59.7 Å². The second-order valence-electron chi connectivity index (χ2n) is 27.0. The molecule has 598 valence electrons. The smallest absolute Gasteiger partial charge is 0.415 e. The molecule has 0 unspecified atom stereocenters. The molecule has 0 aliphatic carbocycles. The SMILES string of the molecule is CC(C)(C)OC(=O)NC1=N[C@@]2(c3cc(N)cc(F)c3F)CO[C@H](C(F)(F)F)[C@H]2CS1.CC(C)(C)OC(=O)NC1=N[C@@]2(c3cc([N+](=O)[O-])cc(F)c3F)CO[C@H](C(F)(F)F)[C@H]2CS1.NC1=N[C@@]2(c3cc([N+](=O)[O-])cc(F)c3F)CO[C@H](C(F)(F)F)[C@H]2CS1.NC1=N[C@@]2(c3cccc(F)c3F)CO[C@H](C(F)(F)F)[C@H]2CS1. The van der Waals surface area contributed by atoms with Gasteiger partial charge < -0.3 is 45.6 Å². The number of nitrogens with two attached hydrogens (primary N) is 3. The molecule has 8 aliphatic heterocycles. The van der Waals surface area contributed by atoms with Crippen LogP contribution in [0.1, 0.15) is 63.8 Å². The molecule has 12 atom stereocenters. The van der Waals surface area contributed by atoms with Gasteiger partial charge in [0, 0.05) is 86.8 Å². The Morgan fingerprint density at radius 2 is 0.743 bits per heavy atom. The van der Waals surface area contributed by atoms with E-state index in [1.165, 1.54) is 12.1 Å². The maximum atomic E-state index is 14.8. The van der Waals surface area contributed by atoms with E-state index in [0.717, 1.165) is 65.2 Å². The molecule has 0 bridgehead atoms. The number of aliphatic imine (C=N–C) groups is 4. The van der Waals surface area contributed by atoms with Crippen LogP contribution in [0.15, 0.2) is 74.6 Å². The molecule has 109 heavy (non-hydrogen) atoms. The fourth-order valence-corrected chi connectivity index (χ4v) is 17.4. The zero-order valence-electron chi connectivity index (χ0n) is 56.5. The number of amidine groups is 4. The van der Waals surface area contributed by atoms with Crippen LogP contribution in [-0.2, 0) is 50.6 Å². The van der Waals surface area contributed by atoms with Crippen LogP contribution < -0.4 is 27.8 Å². The topological polar surface area (TPSA) is 327 Å². The number of thioether (sulfide) groups is 4. The Bertz CT molecular complexity index is 4340. The van der Waals surface area contributed by atoms with Crippen LogP contribution in [-0.4, -0.2) is 152 Å². The number of rotatable bonds is 6. The third-order valence-corrected chi connectivity index (χ3v) is 21.3. The summed E-state index contributed by atoms with van der Waals surface area (Å²) in [5.74, 6) is -17.6. The van der Waals surface area contributed by atoms with Gasteiger partial charge >= 0.3 is 36.9 Å². The van der Waals surface area contributed by atoms with Crippen LogP contribution in [0.5, 0.6) is 0 Å². The number of hydrogen-bond acceptors (Lipinski definition) is 23. The van der Waals surface area contributed by atoms with Gasteiger partial charge in [-0.15, -0.1) is 0 Å². The molecular weight excluding hydrogens is 1600 g/mol. The number of hydrogen-bond donors (Lipinski definition) is 5. The summed E-state index contributed by atoms with van der Waals surface area (Å²) < 4.78 is 303. The maximum Gasteiger partial charge on any atom is 0.415 e. The number of carbonyl (C=O) groups is 2. The average molecular weight is 1660 g/mol. The van der Waals surface area contributed by atoms with E-state index >= 15 is 0 Å². The highest BCUT2D eigenvalue weighted by Crippen LogP contribution is 2.57. The molecule has 8 heterocycles. The van der Waals surface area contributed by atoms with Gasteiger partial charge in [0.05, 0.1) is 48.4 Å². The highest BCUT2D eigenvalue weighted by atomic mass is 32.2. The number of ether oxygens (including phenoxy) is 6. The molecule has 2 amide bonds. The number of nitro benzene ring substituents is 2. The molecule has 0 radical (unpaired) electrons. The van der Waals surface area contributed by atoms with E-state index in [1.54, 1.807) is 41.5 Å². The number of non-ortho nitro benzene ring substituents is 2. The summed E-state index contributed by atoms with van der Waals surface area (Å²) in [6.45, 7) is 6.92. The standard InChI is InChI=1S/C18H18F5N3O5S.C18H20F5N3O3S.C13H10F5N3O3S.C13H11F5N2OS/c1-16(2,3)31-15(27)24-14-25-17(7-30-13(18(21,22)23)10(17)6-32-14)9-4-8(26(28)29)5-11(19)12(9)20;1-16(2,3)29-15(27)25-14-26-17(9-4-8(24)5-11(19)12(9)20)7-28-13(18(21,22)23)10(17)6-30-14;14-8-2-5(21(22)23)1-6(9(8)15)12-4-24-10(13(16,17)18)7(12)3-25-11(19)20-12;14-8-3-1-2-6(9(8)15)12-5-21-10(13(16,17)18)7(12)4-22-11(19)20-12/h4-5,10,13H,6-7H2,1-3H3,(H,24,25,27);4-5,10,13H,6-7,24H2,1-3H3,(H,25,26,27);1-2,7,10H,3-4H2,(H2,19,20);1-3,7,10H,4-5H2,(H2,19,20)/t2*10-,13+,17-;2*7-,10+,12-/m1111/s1. The Kier molecular flexibility index (Phi) is 24.2. The molecule has 4 aromatic rings. The molecule has 23 nitrogen and oxygen atoms in total. The van der Waals surface area contributed by atoms with Crippen molar-refractivity contribution in [3.05, 3.63) is 144 Å². The number of alkyl carbamates (subject to hydrolysis) is 2. The lowest BCUT2D eigenvalue weighted by molar-refractivity contribution is -0.385. The zero-order chi connectivity index (χ0) is 81.2. The molecule has 0 aromatic heterocycles. The monoisotopic (exact) mass is 1660 g/mol. The fourth-order valence-electron chi connectivity index (χ4n) is 13.0. The average Bonchev–Trinajstić information content (AvgIpc) is 1.76. The molecular formula is C62H59F20N11O12S4. The van der Waals surface area contributed by atoms with Crippen molar-refractivity contribution in [3.63, 3.8) is 0 Å². The number of carbonyl (C=O) groups excluding carboxylic acids is 2. The van der Waals surface area contributed by atoms with Gasteiger partial charge in [0.15, 0.2) is 91.6 Å². The number of nitrogens with one attached hydrogen (secondary N) is 2. The van der Waals surface area contributed by atoms with Crippen molar-refractivity contribution in [2.45, 2.75) is 124 Å². The second-order valence-corrected chi connectivity index (χ2v) is 31.1. The molecule has 4 fully saturated rings. The Labute approximate surface area is 618 Å². The minimum absolute atomic E-state index is 0.0323. The Hall–Kier alpha value is -7.86. The molecule has 8 aliphatic rings. The zero-order valence-corrected chi connectivity index (χ0v) is 59.7. The van der Waals surface area contributed by atoms with Crippen LogP contribution in [0.25, 0.3) is 0 Å². The van der Waals surface area contributed by atoms with E-state index in [1.807, 2.05) is 0 Å². The number of halogens is 20. The number of nitrogen functional groups attached to an aromatic ring is 1. The summed E-state index contributed by atoms with van der Waals surface area (Å²) in [6.07, 6.45) is -29.8. The molecule has 4 saturated heterocycles. The van der Waals surface area contributed by atoms with E-state index < -0.39 is 229 Å². The van der Waals surface area contributed by atoms with Gasteiger partial charge in [0.1, 0.15) is 33.4 Å². The number of nitro groups is 2. The van der Waals surface area contributed by atoms with Crippen molar-refractivity contribution in [3.8, 4) is 0 Å². The summed E-state index contributed by atoms with van der Waals surface area (Å²) in [4.78, 5) is 60.5. The van der Waals surface area contributed by atoms with E-state index in [0.29, 0.717) is 24.3 Å². The van der Waals surface area contributed by atoms with Crippen molar-refractivity contribution in [1.82, 2.24) is 10.6 Å². The van der Waals surface area contributed by atoms with E-state index in [-0.39, 0.29) is 54.9 Å². The summed E-state index contributed by atoms with van der Waals surface area (Å²) in [5, 5.41) is 26.3. The predicted molar refractivity (Wildman–Crippen MR) is 354 cm³/mol. The largest absolute Gasteiger partial charge is 0.444 e. The van der Waals surface area contributed by atoms with Gasteiger partial charge in [-0.3, -0.25) is 30.9 Å². The lowest BCUT2D eigenvalue weighted by Gasteiger charge is -2.37. The minimum atomic E-state index is -4.85. The predicted octanol–water partition coefficient (Wildman–Crippen LogP) is 13.7. The van der Waals surface area contributed by atoms with Crippen molar-refractivity contribution < 1.29 is 136 Å². The number of amides is 2. The van der Waals surface area contributed by atoms with E-state index in [9.17, 15) is 118 Å². The van der Waals surface area contributed by atoms with Crippen LogP contribution in [0.3, 0.4) is 0 Å². The van der Waals surface area contributed by atoms with Crippen LogP contribution in [0, 0.1) is 90.4 Å². The van der Waals surface area contributed by atoms with Gasteiger partial charge in [-0.25, -0.2) is 64.7 Å². The van der Waals surface area contributed by atoms with Gasteiger partial charge in [0.25, 0.3) is 11.4 Å². The lowest BCUT2D eigenvalue weighted by Crippen LogP contribution is -2.47. The van der Waals surface area contributed by atoms with E-state index in [2.05, 4.69) is 30.6 Å². The van der Waals surface area contributed by atoms with Crippen molar-refractivity contribution in [2.24, 2.45) is 55.1 Å². The quantitative estimate of drug-likeness (QED) is 0.0518. The number of fused-ring (bicyclic) bond motifs is 4. The second kappa shape index (κ2) is 31.0. The van der Waals surface area contributed by atoms with Crippen LogP contribution in [0.4, 0.5) is 114 Å². The van der Waals surface area contributed by atoms with Crippen molar-refractivity contribution >= 4 is 97.0 Å². The molecule has 47 heteroatoms. The first kappa shape index (κ1) is 85.1. The van der Waals surface area contributed by atoms with Crippen molar-refractivity contribution in [1.29, 1.82) is 0 Å². The highest BCUT2D eigenvalue weighted by Gasteiger charge is 2.67. The van der Waals surface area contributed by atoms with Gasteiger partial charge in [-0.1, -0.05) is 59.2 Å². The summed E-state index contributed by atoms with van der Waals surface area (Å²) >= 11 is 3.34. The first-order chi connectivity index (χ1) is 50.2. The molecule has 0 spiro atoms. The molecule has 8 N–H and O–H groups in total. The van der Waals surface area contributed by atoms with Crippen LogP contribution in [0.2, 0.25) is 0 Å². The Morgan fingerprint density at radius 3 is 1.06 bits per heavy atom. The summed E-state index contributed by atoms with van der Waals surface area (Å²) in [6, 6.07) is 7.11. The Balaban J connectivity index is 0.000000169. The number of alkyl halides is 12. The molecule has 0 saturated carbocycles. The third kappa shape index (κ3) is 17.9. The van der Waals surface area contributed by atoms with Gasteiger partial charge in [0.2, 0.25) is 0 Å². The maximum absolute atomic E-state index is 14.8. The van der Waals surface area contributed by atoms with Crippen molar-refractivity contribution in [2.75, 3.05) is 55.2 Å². The molecule has 12 rings (SSSR count). The number of anilines is 1. The Morgan fingerprint density at radius 1 is 0.450 bits per heavy atom. The van der Waals surface area contributed by atoms with Gasteiger partial charge in [-0.2, -0.15) is 52.7 Å². The highest BCUT2D eigenvalue weighted by molar-refractivity contribution is 8.14. The normalized spacial score (nSPS) is 28.0. The lowest BCUT2D eigenvalue weighted by atomic mass is 9.78. The molecule has 4 aromatic carbocycles. The number of nitrogens with zero attached hydrogens (tertiary/aromatic N) is 6. The first-order valence-corrected chi connectivity index (χ1v) is 35.2. The summed E-state index contributed by atoms with van der Waals surface area (Å²) in [7, 11) is 0. The first-order valence-electron chi connectivity index (χ1n) is 31.3. The summed E-state index contributed by atoms with van der Waals surface area (Å²) in [5.41, 5.74) is 3.39. The fraction of sp³-hybridized carbons (Fsp3) is 0.516. The minimum Gasteiger partial charge on any atom is -0.444 e. The van der Waals surface area contributed by atoms with Crippen LogP contribution >= 0.6 is 47.0 Å². The third-order valence-electron chi connectivity index (χ3n) is 17.5. The number of benzene rings is 4. The van der Waals surface area contributed by atoms with E-state index in [4.69, 9.17) is 45.6 Å².